The van der Waals surface area contributed by atoms with E-state index in [1.165, 1.54) is 0 Å². The number of hydrogen-bond acceptors (Lipinski definition) is 6. The number of halogens is 1. The second-order valence-corrected chi connectivity index (χ2v) is 5.06. The van der Waals surface area contributed by atoms with E-state index in [-0.39, 0.29) is 38.2 Å². The summed E-state index contributed by atoms with van der Waals surface area (Å²) in [6, 6.07) is 5.61. The molecular formula is C15H21ClN2O6. The highest BCUT2D eigenvalue weighted by molar-refractivity contribution is 5.85. The summed E-state index contributed by atoms with van der Waals surface area (Å²) in [6.07, 6.45) is 0. The van der Waals surface area contributed by atoms with Crippen molar-refractivity contribution in [3.8, 4) is 11.5 Å². The number of hydrogen-bond donors (Lipinski definition) is 2. The Kier molecular flexibility index (Phi) is 8.31. The van der Waals surface area contributed by atoms with Crippen molar-refractivity contribution in [2.45, 2.75) is 6.54 Å². The summed E-state index contributed by atoms with van der Waals surface area (Å²) in [5.74, 6) is -0.0253. The van der Waals surface area contributed by atoms with Crippen molar-refractivity contribution in [3.63, 3.8) is 0 Å². The summed E-state index contributed by atoms with van der Waals surface area (Å²) in [7, 11) is 1.59. The number of nitrogens with zero attached hydrogens (tertiary/aromatic N) is 1. The zero-order valence-electron chi connectivity index (χ0n) is 13.3. The maximum Gasteiger partial charge on any atom is 0.322 e. The van der Waals surface area contributed by atoms with Gasteiger partial charge in [-0.15, -0.1) is 12.4 Å². The maximum absolute atomic E-state index is 11.8. The van der Waals surface area contributed by atoms with Gasteiger partial charge in [0.25, 0.3) is 0 Å². The molecule has 0 atom stereocenters. The fraction of sp³-hybridized carbons (Fsp3) is 0.467. The predicted molar refractivity (Wildman–Crippen MR) is 87.6 cm³/mol. The van der Waals surface area contributed by atoms with Crippen LogP contribution in [0.1, 0.15) is 5.56 Å². The minimum absolute atomic E-state index is 0. The van der Waals surface area contributed by atoms with Crippen LogP contribution in [0.25, 0.3) is 0 Å². The molecule has 2 N–H and O–H groups in total. The first-order chi connectivity index (χ1) is 11.1. The molecule has 1 amide bonds. The lowest BCUT2D eigenvalue weighted by Crippen LogP contribution is -2.40. The Labute approximate surface area is 146 Å². The van der Waals surface area contributed by atoms with Crippen LogP contribution in [0.4, 0.5) is 0 Å². The summed E-state index contributed by atoms with van der Waals surface area (Å²) < 4.78 is 15.7. The number of carbonyl (C=O) groups is 2. The Morgan fingerprint density at radius 1 is 1.33 bits per heavy atom. The van der Waals surface area contributed by atoms with Gasteiger partial charge in [0.15, 0.2) is 11.5 Å². The number of amides is 1. The third kappa shape index (κ3) is 6.23. The summed E-state index contributed by atoms with van der Waals surface area (Å²) in [4.78, 5) is 24.2. The molecule has 0 saturated carbocycles. The first-order valence-corrected chi connectivity index (χ1v) is 7.17. The lowest BCUT2D eigenvalue weighted by molar-refractivity contribution is -0.138. The monoisotopic (exact) mass is 360 g/mol. The molecule has 0 spiro atoms. The molecule has 1 aromatic rings. The van der Waals surface area contributed by atoms with Gasteiger partial charge in [-0.1, -0.05) is 6.07 Å². The molecular weight excluding hydrogens is 340 g/mol. The van der Waals surface area contributed by atoms with Crippen molar-refractivity contribution in [2.24, 2.45) is 0 Å². The SMILES string of the molecule is COCCN(CC(=O)NCC(=O)O)Cc1ccc2c(c1)OCO2.Cl. The number of methoxy groups -OCH3 is 1. The minimum Gasteiger partial charge on any atom is -0.480 e. The summed E-state index contributed by atoms with van der Waals surface area (Å²) in [5, 5.41) is 10.9. The molecule has 8 nitrogen and oxygen atoms in total. The van der Waals surface area contributed by atoms with Crippen LogP contribution < -0.4 is 14.8 Å². The molecule has 0 aliphatic carbocycles. The standard InChI is InChI=1S/C15H20N2O6.ClH/c1-21-5-4-17(9-14(18)16-7-15(19)20)8-11-2-3-12-13(6-11)23-10-22-12;/h2-3,6H,4-5,7-10H2,1H3,(H,16,18)(H,19,20);1H. The van der Waals surface area contributed by atoms with Crippen molar-refractivity contribution in [1.82, 2.24) is 10.2 Å². The summed E-state index contributed by atoms with van der Waals surface area (Å²) >= 11 is 0. The molecule has 1 heterocycles. The van der Waals surface area contributed by atoms with E-state index in [9.17, 15) is 9.59 Å². The van der Waals surface area contributed by atoms with Crippen LogP contribution in [0.2, 0.25) is 0 Å². The number of carboxylic acid groups (broad SMARTS) is 1. The van der Waals surface area contributed by atoms with Gasteiger partial charge in [-0.2, -0.15) is 0 Å². The number of ether oxygens (including phenoxy) is 3. The fourth-order valence-corrected chi connectivity index (χ4v) is 2.17. The Balaban J connectivity index is 0.00000288. The van der Waals surface area contributed by atoms with Crippen molar-refractivity contribution in [3.05, 3.63) is 23.8 Å². The number of rotatable bonds is 9. The molecule has 2 rings (SSSR count). The van der Waals surface area contributed by atoms with Gasteiger partial charge < -0.3 is 24.6 Å². The molecule has 0 fully saturated rings. The van der Waals surface area contributed by atoms with Crippen LogP contribution in [0.5, 0.6) is 11.5 Å². The first-order valence-electron chi connectivity index (χ1n) is 7.17. The lowest BCUT2D eigenvalue weighted by atomic mass is 10.2. The van der Waals surface area contributed by atoms with Crippen molar-refractivity contribution in [1.29, 1.82) is 0 Å². The molecule has 134 valence electrons. The summed E-state index contributed by atoms with van der Waals surface area (Å²) in [5.41, 5.74) is 0.969. The van der Waals surface area contributed by atoms with Gasteiger partial charge in [-0.05, 0) is 17.7 Å². The second-order valence-electron chi connectivity index (χ2n) is 5.06. The molecule has 0 aromatic heterocycles. The largest absolute Gasteiger partial charge is 0.480 e. The zero-order valence-corrected chi connectivity index (χ0v) is 14.1. The van der Waals surface area contributed by atoms with E-state index in [0.29, 0.717) is 31.2 Å². The minimum atomic E-state index is -1.07. The average molecular weight is 361 g/mol. The van der Waals surface area contributed by atoms with Gasteiger partial charge >= 0.3 is 5.97 Å². The Bertz CT molecular complexity index is 569. The van der Waals surface area contributed by atoms with Crippen LogP contribution in [0, 0.1) is 0 Å². The normalized spacial score (nSPS) is 11.9. The van der Waals surface area contributed by atoms with Crippen LogP contribution in [-0.4, -0.2) is 62.0 Å². The van der Waals surface area contributed by atoms with Crippen LogP contribution in [0.15, 0.2) is 18.2 Å². The number of fused-ring (bicyclic) bond motifs is 1. The Hall–Kier alpha value is -2.03. The van der Waals surface area contributed by atoms with E-state index < -0.39 is 5.97 Å². The van der Waals surface area contributed by atoms with Gasteiger partial charge in [0, 0.05) is 20.2 Å². The molecule has 1 aliphatic rings. The van der Waals surface area contributed by atoms with E-state index in [1.807, 2.05) is 23.1 Å². The van der Waals surface area contributed by atoms with Crippen molar-refractivity contribution in [2.75, 3.05) is 40.1 Å². The molecule has 24 heavy (non-hydrogen) atoms. The van der Waals surface area contributed by atoms with E-state index in [2.05, 4.69) is 5.32 Å². The van der Waals surface area contributed by atoms with Crippen molar-refractivity contribution >= 4 is 24.3 Å². The molecule has 0 saturated heterocycles. The van der Waals surface area contributed by atoms with Crippen molar-refractivity contribution < 1.29 is 28.9 Å². The molecule has 0 radical (unpaired) electrons. The van der Waals surface area contributed by atoms with Gasteiger partial charge in [-0.25, -0.2) is 0 Å². The summed E-state index contributed by atoms with van der Waals surface area (Å²) in [6.45, 7) is 1.44. The Morgan fingerprint density at radius 2 is 2.08 bits per heavy atom. The fourth-order valence-electron chi connectivity index (χ4n) is 2.17. The number of benzene rings is 1. The second kappa shape index (κ2) is 9.96. The third-order valence-electron chi connectivity index (χ3n) is 3.26. The van der Waals surface area contributed by atoms with Crippen LogP contribution in [-0.2, 0) is 20.9 Å². The zero-order chi connectivity index (χ0) is 16.7. The average Bonchev–Trinajstić information content (AvgIpc) is 2.98. The first kappa shape index (κ1) is 20.0. The van der Waals surface area contributed by atoms with Crippen LogP contribution in [0.3, 0.4) is 0 Å². The molecule has 0 unspecified atom stereocenters. The quantitative estimate of drug-likeness (QED) is 0.661. The number of aliphatic carboxylic acids is 1. The highest BCUT2D eigenvalue weighted by atomic mass is 35.5. The number of nitrogens with one attached hydrogen (secondary N) is 1. The highest BCUT2D eigenvalue weighted by Gasteiger charge is 2.16. The van der Waals surface area contributed by atoms with Gasteiger partial charge in [0.05, 0.1) is 13.2 Å². The smallest absolute Gasteiger partial charge is 0.322 e. The highest BCUT2D eigenvalue weighted by Crippen LogP contribution is 2.32. The molecule has 0 bridgehead atoms. The van der Waals surface area contributed by atoms with Gasteiger partial charge in [0.2, 0.25) is 12.7 Å². The van der Waals surface area contributed by atoms with Gasteiger partial charge in [-0.3, -0.25) is 14.5 Å². The topological polar surface area (TPSA) is 97.3 Å². The van der Waals surface area contributed by atoms with E-state index in [0.717, 1.165) is 5.56 Å². The lowest BCUT2D eigenvalue weighted by Gasteiger charge is -2.21. The van der Waals surface area contributed by atoms with Gasteiger partial charge in [0.1, 0.15) is 6.54 Å². The number of carbonyl (C=O) groups excluding carboxylic acids is 1. The predicted octanol–water partition coefficient (Wildman–Crippen LogP) is 0.486. The van der Waals surface area contributed by atoms with Crippen LogP contribution >= 0.6 is 12.4 Å². The maximum atomic E-state index is 11.8. The molecule has 1 aromatic carbocycles. The number of carboxylic acids is 1. The van der Waals surface area contributed by atoms with E-state index in [1.54, 1.807) is 7.11 Å². The molecule has 9 heteroatoms. The third-order valence-corrected chi connectivity index (χ3v) is 3.26. The Morgan fingerprint density at radius 3 is 2.79 bits per heavy atom. The van der Waals surface area contributed by atoms with E-state index in [4.69, 9.17) is 19.3 Å². The van der Waals surface area contributed by atoms with E-state index >= 15 is 0 Å². The molecule has 1 aliphatic heterocycles.